The van der Waals surface area contributed by atoms with Crippen LogP contribution in [0.2, 0.25) is 5.02 Å². The van der Waals surface area contributed by atoms with E-state index in [2.05, 4.69) is 26.5 Å². The number of alkyl halides is 3. The first-order valence-corrected chi connectivity index (χ1v) is 8.51. The van der Waals surface area contributed by atoms with Crippen LogP contribution in [0.1, 0.15) is 11.3 Å². The van der Waals surface area contributed by atoms with Crippen LogP contribution in [0.4, 0.5) is 18.9 Å². The summed E-state index contributed by atoms with van der Waals surface area (Å²) in [7, 11) is 0. The third-order valence-corrected chi connectivity index (χ3v) is 4.66. The lowest BCUT2D eigenvalue weighted by atomic mass is 10.2. The van der Waals surface area contributed by atoms with Crippen molar-refractivity contribution in [2.75, 3.05) is 5.43 Å². The van der Waals surface area contributed by atoms with Crippen LogP contribution in [0.15, 0.2) is 68.6 Å². The number of nitrogens with zero attached hydrogens (tertiary/aromatic N) is 1. The molecule has 1 heterocycles. The lowest BCUT2D eigenvalue weighted by molar-refractivity contribution is -0.137. The summed E-state index contributed by atoms with van der Waals surface area (Å²) >= 11 is 9.39. The molecule has 3 aromatic rings. The summed E-state index contributed by atoms with van der Waals surface area (Å²) in [6, 6.07) is 13.5. The molecule has 0 amide bonds. The van der Waals surface area contributed by atoms with Crippen LogP contribution in [-0.2, 0) is 6.18 Å². The third-order valence-electron chi connectivity index (χ3n) is 3.43. The molecule has 0 aliphatic carbocycles. The molecule has 0 atom stereocenters. The van der Waals surface area contributed by atoms with Crippen molar-refractivity contribution in [3.63, 3.8) is 0 Å². The first-order valence-electron chi connectivity index (χ1n) is 7.34. The van der Waals surface area contributed by atoms with E-state index < -0.39 is 11.7 Å². The lowest BCUT2D eigenvalue weighted by Crippen LogP contribution is -2.04. The Labute approximate surface area is 160 Å². The zero-order valence-corrected chi connectivity index (χ0v) is 15.4. The molecule has 8 heteroatoms. The number of rotatable bonds is 4. The Balaban J connectivity index is 1.66. The fourth-order valence-corrected chi connectivity index (χ4v) is 2.56. The van der Waals surface area contributed by atoms with Gasteiger partial charge in [-0.05, 0) is 64.5 Å². The van der Waals surface area contributed by atoms with Crippen molar-refractivity contribution in [3.05, 3.63) is 75.4 Å². The van der Waals surface area contributed by atoms with E-state index in [1.807, 2.05) is 12.1 Å². The van der Waals surface area contributed by atoms with Gasteiger partial charge in [-0.2, -0.15) is 18.3 Å². The van der Waals surface area contributed by atoms with Crippen LogP contribution in [0.3, 0.4) is 0 Å². The van der Waals surface area contributed by atoms with Gasteiger partial charge in [0.15, 0.2) is 0 Å². The van der Waals surface area contributed by atoms with Gasteiger partial charge in [0, 0.05) is 10.0 Å². The van der Waals surface area contributed by atoms with Gasteiger partial charge in [0.25, 0.3) is 0 Å². The van der Waals surface area contributed by atoms with Crippen molar-refractivity contribution in [1.82, 2.24) is 0 Å². The molecule has 0 saturated carbocycles. The molecule has 26 heavy (non-hydrogen) atoms. The minimum atomic E-state index is -4.36. The second kappa shape index (κ2) is 7.55. The van der Waals surface area contributed by atoms with E-state index in [-0.39, 0.29) is 0 Å². The molecule has 0 aliphatic rings. The average molecular weight is 444 g/mol. The van der Waals surface area contributed by atoms with Crippen LogP contribution < -0.4 is 5.43 Å². The topological polar surface area (TPSA) is 37.5 Å². The Morgan fingerprint density at radius 1 is 1.04 bits per heavy atom. The number of hydrogen-bond acceptors (Lipinski definition) is 3. The predicted octanol–water partition coefficient (Wildman–Crippen LogP) is 6.83. The van der Waals surface area contributed by atoms with Gasteiger partial charge in [0.05, 0.1) is 22.5 Å². The Bertz CT molecular complexity index is 936. The van der Waals surface area contributed by atoms with E-state index in [4.69, 9.17) is 16.0 Å². The quantitative estimate of drug-likeness (QED) is 0.354. The Hall–Kier alpha value is -2.25. The highest BCUT2D eigenvalue weighted by Gasteiger charge is 2.29. The number of benzene rings is 2. The van der Waals surface area contributed by atoms with Crippen molar-refractivity contribution in [2.24, 2.45) is 5.10 Å². The van der Waals surface area contributed by atoms with E-state index >= 15 is 0 Å². The number of halogens is 5. The van der Waals surface area contributed by atoms with Gasteiger partial charge in [-0.15, -0.1) is 0 Å². The Morgan fingerprint density at radius 2 is 1.77 bits per heavy atom. The first kappa shape index (κ1) is 18.5. The van der Waals surface area contributed by atoms with Crippen molar-refractivity contribution in [3.8, 4) is 11.3 Å². The molecule has 0 unspecified atom stereocenters. The minimum Gasteiger partial charge on any atom is -0.455 e. The van der Waals surface area contributed by atoms with Crippen LogP contribution in [0.5, 0.6) is 0 Å². The maximum absolute atomic E-state index is 12.5. The molecule has 1 aromatic heterocycles. The molecule has 2 aromatic carbocycles. The largest absolute Gasteiger partial charge is 0.455 e. The summed E-state index contributed by atoms with van der Waals surface area (Å²) in [5, 5.41) is 4.53. The summed E-state index contributed by atoms with van der Waals surface area (Å²) in [5.41, 5.74) is 3.18. The van der Waals surface area contributed by atoms with E-state index in [1.54, 1.807) is 18.2 Å². The molecule has 1 N–H and O–H groups in total. The van der Waals surface area contributed by atoms with Crippen molar-refractivity contribution in [2.45, 2.75) is 6.18 Å². The molecule has 0 spiro atoms. The monoisotopic (exact) mass is 442 g/mol. The summed E-state index contributed by atoms with van der Waals surface area (Å²) in [6.07, 6.45) is -2.93. The number of nitrogens with one attached hydrogen (secondary N) is 1. The van der Waals surface area contributed by atoms with Crippen molar-refractivity contribution in [1.29, 1.82) is 0 Å². The normalized spacial score (nSPS) is 11.9. The molecule has 3 rings (SSSR count). The summed E-state index contributed by atoms with van der Waals surface area (Å²) < 4.78 is 44.0. The second-order valence-corrected chi connectivity index (χ2v) is 6.54. The SMILES string of the molecule is FC(F)(F)c1ccc(N/N=C/c2ccc(-c3ccc(Br)c(Cl)c3)o2)cc1. The lowest BCUT2D eigenvalue weighted by Gasteiger charge is -2.06. The van der Waals surface area contributed by atoms with Gasteiger partial charge in [0.2, 0.25) is 0 Å². The van der Waals surface area contributed by atoms with E-state index in [0.717, 1.165) is 22.2 Å². The molecule has 0 fully saturated rings. The maximum Gasteiger partial charge on any atom is 0.416 e. The van der Waals surface area contributed by atoms with Gasteiger partial charge in [-0.1, -0.05) is 17.7 Å². The zero-order valence-electron chi connectivity index (χ0n) is 13.0. The number of hydrazone groups is 1. The second-order valence-electron chi connectivity index (χ2n) is 5.28. The number of hydrogen-bond donors (Lipinski definition) is 1. The third kappa shape index (κ3) is 4.47. The highest BCUT2D eigenvalue weighted by Crippen LogP contribution is 2.30. The van der Waals surface area contributed by atoms with Crippen LogP contribution >= 0.6 is 27.5 Å². The van der Waals surface area contributed by atoms with Gasteiger partial charge >= 0.3 is 6.18 Å². The van der Waals surface area contributed by atoms with Crippen molar-refractivity contribution < 1.29 is 17.6 Å². The molecule has 3 nitrogen and oxygen atoms in total. The van der Waals surface area contributed by atoms with Crippen molar-refractivity contribution >= 4 is 39.4 Å². The van der Waals surface area contributed by atoms with E-state index in [9.17, 15) is 13.2 Å². The van der Waals surface area contributed by atoms with E-state index in [0.29, 0.717) is 22.2 Å². The molecular weight excluding hydrogens is 433 g/mol. The average Bonchev–Trinajstić information content (AvgIpc) is 3.06. The standard InChI is InChI=1S/C18H11BrClF3N2O/c19-15-7-1-11(9-16(15)20)17-8-6-14(26-17)10-24-25-13-4-2-12(3-5-13)18(21,22)23/h1-10,25H/b24-10+. The van der Waals surface area contributed by atoms with Gasteiger partial charge in [-0.3, -0.25) is 5.43 Å². The van der Waals surface area contributed by atoms with Gasteiger partial charge in [-0.25, -0.2) is 0 Å². The zero-order chi connectivity index (χ0) is 18.7. The number of anilines is 1. The summed E-state index contributed by atoms with van der Waals surface area (Å²) in [4.78, 5) is 0. The molecular formula is C18H11BrClF3N2O. The van der Waals surface area contributed by atoms with Crippen LogP contribution in [-0.4, -0.2) is 6.21 Å². The van der Waals surface area contributed by atoms with Crippen LogP contribution in [0, 0.1) is 0 Å². The first-order chi connectivity index (χ1) is 12.3. The number of furan rings is 1. The molecule has 0 saturated heterocycles. The smallest absolute Gasteiger partial charge is 0.416 e. The predicted molar refractivity (Wildman–Crippen MR) is 99.5 cm³/mol. The fraction of sp³-hybridized carbons (Fsp3) is 0.0556. The minimum absolute atomic E-state index is 0.431. The maximum atomic E-state index is 12.5. The molecule has 0 bridgehead atoms. The van der Waals surface area contributed by atoms with Crippen LogP contribution in [0.25, 0.3) is 11.3 Å². The highest BCUT2D eigenvalue weighted by molar-refractivity contribution is 9.10. The summed E-state index contributed by atoms with van der Waals surface area (Å²) in [6.45, 7) is 0. The fourth-order valence-electron chi connectivity index (χ4n) is 2.13. The molecule has 0 aliphatic heterocycles. The molecule has 0 radical (unpaired) electrons. The van der Waals surface area contributed by atoms with Gasteiger partial charge < -0.3 is 4.42 Å². The Kier molecular flexibility index (Phi) is 5.38. The highest BCUT2D eigenvalue weighted by atomic mass is 79.9. The van der Waals surface area contributed by atoms with E-state index in [1.165, 1.54) is 18.3 Å². The molecule has 134 valence electrons. The Morgan fingerprint density at radius 3 is 2.42 bits per heavy atom. The summed E-state index contributed by atoms with van der Waals surface area (Å²) in [5.74, 6) is 1.11. The van der Waals surface area contributed by atoms with Gasteiger partial charge in [0.1, 0.15) is 11.5 Å².